The maximum Gasteiger partial charge on any atom is 0.371 e. The molecule has 0 aromatic heterocycles. The predicted molar refractivity (Wildman–Crippen MR) is 48.7 cm³/mol. The second-order valence-corrected chi connectivity index (χ2v) is 4.30. The Labute approximate surface area is 82.3 Å². The van der Waals surface area contributed by atoms with E-state index in [0.29, 0.717) is 0 Å². The summed E-state index contributed by atoms with van der Waals surface area (Å²) in [7, 11) is 1.17. The predicted octanol–water partition coefficient (Wildman–Crippen LogP) is 1.13. The largest absolute Gasteiger partial charge is 0.503 e. The average molecular weight is 224 g/mol. The van der Waals surface area contributed by atoms with Crippen LogP contribution in [0.3, 0.4) is 0 Å². The molecule has 0 saturated heterocycles. The third-order valence-corrected chi connectivity index (χ3v) is 3.24. The summed E-state index contributed by atoms with van der Waals surface area (Å²) < 4.78 is 29.9. The van der Waals surface area contributed by atoms with Crippen LogP contribution < -0.4 is 0 Å². The molecule has 7 heteroatoms. The maximum atomic E-state index is 11.7. The van der Waals surface area contributed by atoms with Gasteiger partial charge in [-0.15, -0.1) is 0 Å². The third kappa shape index (κ3) is 2.83. The lowest BCUT2D eigenvalue weighted by Gasteiger charge is -2.14. The molecular weight excluding hydrogens is 211 g/mol. The molecule has 6 nitrogen and oxygen atoms in total. The fourth-order valence-electron chi connectivity index (χ4n) is 0.712. The molecule has 0 heterocycles. The van der Waals surface area contributed by atoms with Gasteiger partial charge in [0.05, 0.1) is 14.2 Å². The Kier molecular flexibility index (Phi) is 5.45. The first-order chi connectivity index (χ1) is 6.55. The Balaban J connectivity index is 5.10. The van der Waals surface area contributed by atoms with Crippen LogP contribution in [0.5, 0.6) is 0 Å². The highest BCUT2D eigenvalue weighted by Gasteiger charge is 2.34. The van der Waals surface area contributed by atoms with Crippen LogP contribution in [-0.4, -0.2) is 34.4 Å². The molecule has 82 valence electrons. The molecule has 0 rings (SSSR count). The van der Waals surface area contributed by atoms with Crippen LogP contribution in [0.4, 0.5) is 0 Å². The smallest absolute Gasteiger partial charge is 0.371 e. The van der Waals surface area contributed by atoms with Gasteiger partial charge >= 0.3 is 13.6 Å². The molecule has 0 aromatic rings. The van der Waals surface area contributed by atoms with Crippen LogP contribution in [0, 0.1) is 0 Å². The van der Waals surface area contributed by atoms with Gasteiger partial charge in [0.2, 0.25) is 0 Å². The normalized spacial score (nSPS) is 12.4. The van der Waals surface area contributed by atoms with Crippen LogP contribution in [0.2, 0.25) is 0 Å². The van der Waals surface area contributed by atoms with Gasteiger partial charge in [0.15, 0.2) is 5.31 Å². The van der Waals surface area contributed by atoms with E-state index >= 15 is 0 Å². The minimum atomic E-state index is -3.62. The molecule has 0 unspecified atom stereocenters. The van der Waals surface area contributed by atoms with Crippen molar-refractivity contribution in [3.8, 4) is 0 Å². The number of carbonyl (C=O) groups excluding carboxylic acids is 1. The van der Waals surface area contributed by atoms with Gasteiger partial charge in [-0.2, -0.15) is 0 Å². The Morgan fingerprint density at radius 2 is 1.64 bits per heavy atom. The van der Waals surface area contributed by atoms with Gasteiger partial charge in [-0.1, -0.05) is 0 Å². The van der Waals surface area contributed by atoms with Crippen molar-refractivity contribution in [3.63, 3.8) is 0 Å². The molecule has 0 radical (unpaired) electrons. The Hall–Kier alpha value is -0.840. The average Bonchev–Trinajstić information content (AvgIpc) is 2.23. The minimum Gasteiger partial charge on any atom is -0.503 e. The number of methoxy groups -OCH3 is 2. The Morgan fingerprint density at radius 3 is 1.93 bits per heavy atom. The number of rotatable bonds is 5. The van der Waals surface area contributed by atoms with Crippen LogP contribution in [0.1, 0.15) is 0 Å². The Bertz CT molecular complexity index is 263. The van der Waals surface area contributed by atoms with Gasteiger partial charge in [-0.25, -0.2) is 4.79 Å². The lowest BCUT2D eigenvalue weighted by Crippen LogP contribution is -2.08. The summed E-state index contributed by atoms with van der Waals surface area (Å²) >= 11 is 0. The summed E-state index contributed by atoms with van der Waals surface area (Å²) in [5, 5.41) is -0.285. The van der Waals surface area contributed by atoms with E-state index in [9.17, 15) is 9.36 Å². The first kappa shape index (κ1) is 13.2. The van der Waals surface area contributed by atoms with E-state index in [1.54, 1.807) is 0 Å². The lowest BCUT2D eigenvalue weighted by atomic mass is 10.6. The number of esters is 1. The third-order valence-electron chi connectivity index (χ3n) is 1.40. The Morgan fingerprint density at radius 1 is 1.14 bits per heavy atom. The molecular formula is C7H13O6P. The summed E-state index contributed by atoms with van der Waals surface area (Å²) in [6.45, 7) is 0. The molecule has 0 aromatic carbocycles. The molecule has 0 saturated carbocycles. The number of ether oxygens (including phenoxy) is 2. The van der Waals surface area contributed by atoms with E-state index in [-0.39, 0.29) is 5.31 Å². The van der Waals surface area contributed by atoms with Crippen molar-refractivity contribution in [2.24, 2.45) is 0 Å². The first-order valence-corrected chi connectivity index (χ1v) is 5.13. The van der Waals surface area contributed by atoms with E-state index in [2.05, 4.69) is 18.5 Å². The molecule has 0 aliphatic carbocycles. The van der Waals surface area contributed by atoms with Gasteiger partial charge < -0.3 is 18.5 Å². The number of carbonyl (C=O) groups is 1. The van der Waals surface area contributed by atoms with Gasteiger partial charge in [0, 0.05) is 14.2 Å². The topological polar surface area (TPSA) is 71.1 Å². The fourth-order valence-corrected chi connectivity index (χ4v) is 1.80. The monoisotopic (exact) mass is 224 g/mol. The van der Waals surface area contributed by atoms with Crippen molar-refractivity contribution in [2.75, 3.05) is 28.4 Å². The zero-order valence-electron chi connectivity index (χ0n) is 8.47. The molecule has 14 heavy (non-hydrogen) atoms. The van der Waals surface area contributed by atoms with Gasteiger partial charge in [0.25, 0.3) is 0 Å². The van der Waals surface area contributed by atoms with E-state index in [0.717, 1.165) is 27.6 Å². The van der Waals surface area contributed by atoms with Crippen molar-refractivity contribution in [2.45, 2.75) is 0 Å². The minimum absolute atomic E-state index is 0.285. The number of hydrogen-bond acceptors (Lipinski definition) is 6. The molecule has 0 atom stereocenters. The van der Waals surface area contributed by atoms with Gasteiger partial charge in [-0.3, -0.25) is 4.57 Å². The molecule has 0 amide bonds. The van der Waals surface area contributed by atoms with E-state index in [4.69, 9.17) is 0 Å². The summed E-state index contributed by atoms with van der Waals surface area (Å²) in [4.78, 5) is 11.2. The van der Waals surface area contributed by atoms with Crippen molar-refractivity contribution in [1.82, 2.24) is 0 Å². The van der Waals surface area contributed by atoms with Gasteiger partial charge in [0.1, 0.15) is 6.26 Å². The second-order valence-electron chi connectivity index (χ2n) is 2.09. The van der Waals surface area contributed by atoms with Crippen molar-refractivity contribution < 1.29 is 27.9 Å². The van der Waals surface area contributed by atoms with Crippen molar-refractivity contribution in [1.29, 1.82) is 0 Å². The SMILES string of the molecule is CO/C=C(/C(=O)OC)P(=O)(OC)OC. The maximum absolute atomic E-state index is 11.7. The summed E-state index contributed by atoms with van der Waals surface area (Å²) in [6.07, 6.45) is 0.972. The molecule has 0 aliphatic rings. The van der Waals surface area contributed by atoms with Crippen LogP contribution in [0.15, 0.2) is 11.6 Å². The first-order valence-electron chi connectivity index (χ1n) is 3.59. The van der Waals surface area contributed by atoms with Crippen LogP contribution in [0.25, 0.3) is 0 Å². The number of hydrogen-bond donors (Lipinski definition) is 0. The lowest BCUT2D eigenvalue weighted by molar-refractivity contribution is -0.135. The van der Waals surface area contributed by atoms with E-state index < -0.39 is 13.6 Å². The van der Waals surface area contributed by atoms with Crippen molar-refractivity contribution >= 4 is 13.6 Å². The quantitative estimate of drug-likeness (QED) is 0.302. The fraction of sp³-hybridized carbons (Fsp3) is 0.571. The highest BCUT2D eigenvalue weighted by molar-refractivity contribution is 7.59. The summed E-state index contributed by atoms with van der Waals surface area (Å²) in [5.74, 6) is -0.820. The highest BCUT2D eigenvalue weighted by atomic mass is 31.2. The second kappa shape index (κ2) is 5.80. The molecule has 0 fully saturated rings. The van der Waals surface area contributed by atoms with E-state index in [1.165, 1.54) is 7.11 Å². The van der Waals surface area contributed by atoms with E-state index in [1.807, 2.05) is 0 Å². The zero-order valence-corrected chi connectivity index (χ0v) is 9.37. The molecule has 0 N–H and O–H groups in total. The zero-order chi connectivity index (χ0) is 11.2. The van der Waals surface area contributed by atoms with Crippen LogP contribution >= 0.6 is 7.60 Å². The molecule has 0 aliphatic heterocycles. The molecule has 0 spiro atoms. The van der Waals surface area contributed by atoms with Gasteiger partial charge in [-0.05, 0) is 0 Å². The standard InChI is InChI=1S/C7H13O6P/c1-10-5-6(7(8)11-2)14(9,12-3)13-4/h5H,1-4H3/b6-5-. The highest BCUT2D eigenvalue weighted by Crippen LogP contribution is 2.54. The van der Waals surface area contributed by atoms with Crippen LogP contribution in [-0.2, 0) is 27.9 Å². The summed E-state index contributed by atoms with van der Waals surface area (Å²) in [5.41, 5.74) is 0. The van der Waals surface area contributed by atoms with Crippen molar-refractivity contribution in [3.05, 3.63) is 11.6 Å². The summed E-state index contributed by atoms with van der Waals surface area (Å²) in [6, 6.07) is 0. The molecule has 0 bridgehead atoms.